The van der Waals surface area contributed by atoms with Gasteiger partial charge in [-0.2, -0.15) is 4.31 Å². The molecule has 0 spiro atoms. The Morgan fingerprint density at radius 3 is 2.33 bits per heavy atom. The van der Waals surface area contributed by atoms with Gasteiger partial charge in [-0.1, -0.05) is 11.6 Å². The molecule has 0 aliphatic carbocycles. The van der Waals surface area contributed by atoms with Crippen molar-refractivity contribution in [2.24, 2.45) is 0 Å². The van der Waals surface area contributed by atoms with Crippen LogP contribution in [-0.4, -0.2) is 43.7 Å². The van der Waals surface area contributed by atoms with Crippen molar-refractivity contribution in [3.63, 3.8) is 0 Å². The third-order valence-corrected chi connectivity index (χ3v) is 7.62. The molecule has 2 saturated heterocycles. The molecule has 0 saturated carbocycles. The quantitative estimate of drug-likeness (QED) is 0.762. The summed E-state index contributed by atoms with van der Waals surface area (Å²) >= 11 is 5.86. The molecule has 1 N–H and O–H groups in total. The minimum absolute atomic E-state index is 0.0980. The summed E-state index contributed by atoms with van der Waals surface area (Å²) in [5.41, 5.74) is 1.36. The van der Waals surface area contributed by atoms with Gasteiger partial charge < -0.3 is 10.2 Å². The molecule has 2 aliphatic heterocycles. The van der Waals surface area contributed by atoms with Gasteiger partial charge in [-0.3, -0.25) is 9.59 Å². The molecule has 0 aromatic heterocycles. The van der Waals surface area contributed by atoms with Crippen molar-refractivity contribution >= 4 is 44.8 Å². The third kappa shape index (κ3) is 4.08. The summed E-state index contributed by atoms with van der Waals surface area (Å²) < 4.78 is 27.3. The second-order valence-corrected chi connectivity index (χ2v) is 9.74. The van der Waals surface area contributed by atoms with Crippen molar-refractivity contribution in [3.05, 3.63) is 53.6 Å². The Hall–Kier alpha value is -2.42. The summed E-state index contributed by atoms with van der Waals surface area (Å²) in [6.07, 6.45) is 2.47. The summed E-state index contributed by atoms with van der Waals surface area (Å²) in [4.78, 5) is 26.6. The fourth-order valence-electron chi connectivity index (χ4n) is 3.90. The fraction of sp³-hybridized carbons (Fsp3) is 0.333. The lowest BCUT2D eigenvalue weighted by atomic mass is 10.2. The Bertz CT molecular complexity index is 1050. The number of hydrogen-bond acceptors (Lipinski definition) is 4. The molecule has 158 valence electrons. The highest BCUT2D eigenvalue weighted by Gasteiger charge is 2.39. The molecule has 9 heteroatoms. The first-order valence-corrected chi connectivity index (χ1v) is 11.7. The lowest BCUT2D eigenvalue weighted by Crippen LogP contribution is -2.43. The number of hydrogen-bond donors (Lipinski definition) is 1. The standard InChI is InChI=1S/C21H22ClN3O4S/c22-15-5-11-18(12-6-15)30(28,29)25-14-1-3-19(25)21(27)23-16-7-9-17(10-8-16)24-13-2-4-20(24)26/h5-12,19H,1-4,13-14H2,(H,23,27). The lowest BCUT2D eigenvalue weighted by molar-refractivity contribution is -0.119. The number of nitrogens with one attached hydrogen (secondary N) is 1. The SMILES string of the molecule is O=C(Nc1ccc(N2CCCC2=O)cc1)C1CCCN1S(=O)(=O)c1ccc(Cl)cc1. The Morgan fingerprint density at radius 2 is 1.70 bits per heavy atom. The number of anilines is 2. The van der Waals surface area contributed by atoms with Crippen LogP contribution in [0.5, 0.6) is 0 Å². The van der Waals surface area contributed by atoms with Gasteiger partial charge in [-0.15, -0.1) is 0 Å². The highest BCUT2D eigenvalue weighted by Crippen LogP contribution is 2.28. The molecule has 1 unspecified atom stereocenters. The van der Waals surface area contributed by atoms with Crippen molar-refractivity contribution in [1.82, 2.24) is 4.31 Å². The first-order valence-electron chi connectivity index (χ1n) is 9.85. The van der Waals surface area contributed by atoms with E-state index in [-0.39, 0.29) is 16.7 Å². The van der Waals surface area contributed by atoms with Gasteiger partial charge in [0.2, 0.25) is 21.8 Å². The molecule has 2 fully saturated rings. The van der Waals surface area contributed by atoms with E-state index in [1.54, 1.807) is 29.2 Å². The van der Waals surface area contributed by atoms with Crippen LogP contribution in [-0.2, 0) is 19.6 Å². The molecule has 0 radical (unpaired) electrons. The van der Waals surface area contributed by atoms with Crippen molar-refractivity contribution in [1.29, 1.82) is 0 Å². The van der Waals surface area contributed by atoms with Crippen LogP contribution in [0, 0.1) is 0 Å². The first-order chi connectivity index (χ1) is 14.4. The van der Waals surface area contributed by atoms with E-state index in [1.165, 1.54) is 28.6 Å². The zero-order valence-electron chi connectivity index (χ0n) is 16.3. The van der Waals surface area contributed by atoms with Crippen LogP contribution >= 0.6 is 11.6 Å². The number of amides is 2. The molecule has 0 bridgehead atoms. The minimum atomic E-state index is -3.80. The largest absolute Gasteiger partial charge is 0.325 e. The maximum atomic E-state index is 13.0. The van der Waals surface area contributed by atoms with Gasteiger partial charge in [0, 0.05) is 35.9 Å². The van der Waals surface area contributed by atoms with Crippen LogP contribution < -0.4 is 10.2 Å². The Morgan fingerprint density at radius 1 is 1.00 bits per heavy atom. The van der Waals surface area contributed by atoms with E-state index >= 15 is 0 Å². The predicted molar refractivity (Wildman–Crippen MR) is 115 cm³/mol. The van der Waals surface area contributed by atoms with E-state index in [1.807, 2.05) is 0 Å². The molecule has 7 nitrogen and oxygen atoms in total. The van der Waals surface area contributed by atoms with Crippen molar-refractivity contribution < 1.29 is 18.0 Å². The van der Waals surface area contributed by atoms with Gasteiger partial charge in [0.1, 0.15) is 6.04 Å². The van der Waals surface area contributed by atoms with E-state index in [0.717, 1.165) is 12.1 Å². The minimum Gasteiger partial charge on any atom is -0.325 e. The highest BCUT2D eigenvalue weighted by molar-refractivity contribution is 7.89. The Kier molecular flexibility index (Phi) is 5.81. The van der Waals surface area contributed by atoms with E-state index in [9.17, 15) is 18.0 Å². The van der Waals surface area contributed by atoms with Crippen molar-refractivity contribution in [3.8, 4) is 0 Å². The molecule has 1 atom stereocenters. The predicted octanol–water partition coefficient (Wildman–Crippen LogP) is 3.26. The molecule has 2 aromatic carbocycles. The highest BCUT2D eigenvalue weighted by atomic mass is 35.5. The Balaban J connectivity index is 1.47. The summed E-state index contributed by atoms with van der Waals surface area (Å²) in [5.74, 6) is -0.268. The van der Waals surface area contributed by atoms with E-state index < -0.39 is 16.1 Å². The molecule has 2 heterocycles. The molecule has 2 aromatic rings. The zero-order chi connectivity index (χ0) is 21.3. The van der Waals surface area contributed by atoms with Gasteiger partial charge in [0.05, 0.1) is 4.90 Å². The van der Waals surface area contributed by atoms with Gasteiger partial charge in [0.25, 0.3) is 0 Å². The average Bonchev–Trinajstić information content (AvgIpc) is 3.38. The van der Waals surface area contributed by atoms with Crippen LogP contribution in [0.3, 0.4) is 0 Å². The van der Waals surface area contributed by atoms with Gasteiger partial charge in [-0.25, -0.2) is 8.42 Å². The number of carbonyl (C=O) groups is 2. The third-order valence-electron chi connectivity index (χ3n) is 5.45. The first kappa shape index (κ1) is 20.8. The molecule has 30 heavy (non-hydrogen) atoms. The molecule has 2 aliphatic rings. The maximum absolute atomic E-state index is 13.0. The number of nitrogens with zero attached hydrogens (tertiary/aromatic N) is 2. The number of halogens is 1. The number of carbonyl (C=O) groups excluding carboxylic acids is 2. The van der Waals surface area contributed by atoms with Crippen molar-refractivity contribution in [2.45, 2.75) is 36.6 Å². The second kappa shape index (κ2) is 8.37. The van der Waals surface area contributed by atoms with Crippen LogP contribution in [0.25, 0.3) is 0 Å². The zero-order valence-corrected chi connectivity index (χ0v) is 17.8. The van der Waals surface area contributed by atoms with E-state index in [4.69, 9.17) is 11.6 Å². The lowest BCUT2D eigenvalue weighted by Gasteiger charge is -2.23. The fourth-order valence-corrected chi connectivity index (χ4v) is 5.69. The normalized spacial score (nSPS) is 20.0. The van der Waals surface area contributed by atoms with Crippen molar-refractivity contribution in [2.75, 3.05) is 23.3 Å². The summed E-state index contributed by atoms with van der Waals surface area (Å²) in [6, 6.07) is 12.2. The summed E-state index contributed by atoms with van der Waals surface area (Å²) in [7, 11) is -3.80. The topological polar surface area (TPSA) is 86.8 Å². The van der Waals surface area contributed by atoms with Gasteiger partial charge >= 0.3 is 0 Å². The Labute approximate surface area is 180 Å². The van der Waals surface area contributed by atoms with Gasteiger partial charge in [-0.05, 0) is 67.8 Å². The smallest absolute Gasteiger partial charge is 0.243 e. The monoisotopic (exact) mass is 447 g/mol. The molecule has 2 amide bonds. The summed E-state index contributed by atoms with van der Waals surface area (Å²) in [6.45, 7) is 0.989. The van der Waals surface area contributed by atoms with Crippen LogP contribution in [0.15, 0.2) is 53.4 Å². The maximum Gasteiger partial charge on any atom is 0.243 e. The van der Waals surface area contributed by atoms with E-state index in [0.29, 0.717) is 43.1 Å². The van der Waals surface area contributed by atoms with Crippen LogP contribution in [0.4, 0.5) is 11.4 Å². The van der Waals surface area contributed by atoms with Crippen LogP contribution in [0.2, 0.25) is 5.02 Å². The molecular formula is C21H22ClN3O4S. The number of rotatable bonds is 5. The number of sulfonamides is 1. The second-order valence-electron chi connectivity index (χ2n) is 7.41. The van der Waals surface area contributed by atoms with Gasteiger partial charge in [0.15, 0.2) is 0 Å². The number of benzene rings is 2. The van der Waals surface area contributed by atoms with Crippen LogP contribution in [0.1, 0.15) is 25.7 Å². The molecular weight excluding hydrogens is 426 g/mol. The molecule has 4 rings (SSSR count). The summed E-state index contributed by atoms with van der Waals surface area (Å²) in [5, 5.41) is 3.25. The van der Waals surface area contributed by atoms with E-state index in [2.05, 4.69) is 5.32 Å². The average molecular weight is 448 g/mol.